The van der Waals surface area contributed by atoms with Gasteiger partial charge in [-0.25, -0.2) is 4.79 Å². The Morgan fingerprint density at radius 1 is 1.40 bits per heavy atom. The van der Waals surface area contributed by atoms with Gasteiger partial charge in [-0.1, -0.05) is 18.2 Å². The average Bonchev–Trinajstić information content (AvgIpc) is 2.79. The summed E-state index contributed by atoms with van der Waals surface area (Å²) in [6.45, 7) is 0.883. The minimum absolute atomic E-state index is 0.0300. The van der Waals surface area contributed by atoms with Gasteiger partial charge in [0.05, 0.1) is 0 Å². The lowest BCUT2D eigenvalue weighted by molar-refractivity contribution is -0.156. The fourth-order valence-corrected chi connectivity index (χ4v) is 3.37. The van der Waals surface area contributed by atoms with Crippen LogP contribution < -0.4 is 5.32 Å². The first-order chi connectivity index (χ1) is 11.7. The first-order valence-corrected chi connectivity index (χ1v) is 7.71. The second-order valence-electron chi connectivity index (χ2n) is 6.26. The van der Waals surface area contributed by atoms with Crippen LogP contribution in [0.1, 0.15) is 19.8 Å². The van der Waals surface area contributed by atoms with E-state index in [1.54, 1.807) is 0 Å². The highest BCUT2D eigenvalue weighted by atomic mass is 16.5. The number of hydrogen-bond donors (Lipinski definition) is 2. The molecule has 25 heavy (non-hydrogen) atoms. The van der Waals surface area contributed by atoms with Gasteiger partial charge in [0.15, 0.2) is 0 Å². The van der Waals surface area contributed by atoms with E-state index < -0.39 is 53.8 Å². The largest absolute Gasteiger partial charge is 0.480 e. The topological polar surface area (TPSA) is 130 Å². The van der Waals surface area contributed by atoms with Gasteiger partial charge in [-0.3, -0.25) is 29.4 Å². The van der Waals surface area contributed by atoms with Gasteiger partial charge in [0.1, 0.15) is 24.2 Å². The molecule has 0 aromatic rings. The summed E-state index contributed by atoms with van der Waals surface area (Å²) < 4.78 is 5.36. The first kappa shape index (κ1) is 17.0. The molecule has 132 valence electrons. The number of likely N-dealkylation sites (tertiary alicyclic amines) is 1. The summed E-state index contributed by atoms with van der Waals surface area (Å²) in [5.74, 6) is -4.65. The van der Waals surface area contributed by atoms with E-state index in [9.17, 15) is 24.0 Å². The molecule has 3 aliphatic rings. The van der Waals surface area contributed by atoms with Gasteiger partial charge in [-0.2, -0.15) is 0 Å². The molecule has 2 N–H and O–H groups in total. The molecule has 0 bridgehead atoms. The van der Waals surface area contributed by atoms with Crippen LogP contribution in [0, 0.1) is 5.92 Å². The first-order valence-electron chi connectivity index (χ1n) is 7.71. The highest BCUT2D eigenvalue weighted by molar-refractivity contribution is 6.18. The van der Waals surface area contributed by atoms with Crippen molar-refractivity contribution in [2.45, 2.75) is 31.4 Å². The Balaban J connectivity index is 1.90. The van der Waals surface area contributed by atoms with Gasteiger partial charge in [-0.05, 0) is 13.3 Å². The number of carbonyl (C=O) groups excluding carboxylic acids is 4. The number of carboxylic acids is 1. The molecule has 0 radical (unpaired) electrons. The number of carboxylic acid groups (broad SMARTS) is 1. The standard InChI is InChI=1S/C16H16N2O7/c1-16(25-7-11(20)21)6-2-3-8-12(16)15(24)18(14(8)23)9-4-5-10(19)17-13(9)22/h2-3,6,9,12H,4-5,7H2,1H3,(H,20,21)(H,17,19,22). The summed E-state index contributed by atoms with van der Waals surface area (Å²) in [6, 6.07) is -1.06. The number of nitrogens with one attached hydrogen (secondary N) is 1. The second-order valence-corrected chi connectivity index (χ2v) is 6.26. The lowest BCUT2D eigenvalue weighted by Crippen LogP contribution is -2.55. The lowest BCUT2D eigenvalue weighted by Gasteiger charge is -2.33. The summed E-state index contributed by atoms with van der Waals surface area (Å²) >= 11 is 0. The van der Waals surface area contributed by atoms with Gasteiger partial charge in [0.25, 0.3) is 5.91 Å². The van der Waals surface area contributed by atoms with Crippen molar-refractivity contribution in [1.82, 2.24) is 10.2 Å². The van der Waals surface area contributed by atoms with Crippen molar-refractivity contribution in [3.63, 3.8) is 0 Å². The van der Waals surface area contributed by atoms with E-state index in [2.05, 4.69) is 5.32 Å². The number of aliphatic carboxylic acids is 1. The Kier molecular flexibility index (Phi) is 4.03. The summed E-state index contributed by atoms with van der Waals surface area (Å²) in [6.07, 6.45) is 4.59. The van der Waals surface area contributed by atoms with Gasteiger partial charge in [0.2, 0.25) is 17.7 Å². The summed E-state index contributed by atoms with van der Waals surface area (Å²) in [5, 5.41) is 10.9. The van der Waals surface area contributed by atoms with Gasteiger partial charge in [0, 0.05) is 12.0 Å². The van der Waals surface area contributed by atoms with Gasteiger partial charge in [-0.15, -0.1) is 0 Å². The number of ether oxygens (including phenoxy) is 1. The number of carbonyl (C=O) groups is 5. The molecule has 2 fully saturated rings. The van der Waals surface area contributed by atoms with Crippen LogP contribution >= 0.6 is 0 Å². The van der Waals surface area contributed by atoms with Crippen molar-refractivity contribution < 1.29 is 33.8 Å². The van der Waals surface area contributed by atoms with Crippen molar-refractivity contribution in [2.24, 2.45) is 5.92 Å². The highest BCUT2D eigenvalue weighted by Crippen LogP contribution is 2.41. The number of fused-ring (bicyclic) bond motifs is 1. The third-order valence-electron chi connectivity index (χ3n) is 4.57. The molecule has 0 saturated carbocycles. The molecule has 3 unspecified atom stereocenters. The molecule has 3 atom stereocenters. The zero-order valence-corrected chi connectivity index (χ0v) is 13.4. The maximum absolute atomic E-state index is 12.9. The van der Waals surface area contributed by atoms with Crippen molar-refractivity contribution in [3.05, 3.63) is 23.8 Å². The van der Waals surface area contributed by atoms with E-state index in [0.29, 0.717) is 0 Å². The van der Waals surface area contributed by atoms with Gasteiger partial charge >= 0.3 is 5.97 Å². The summed E-state index contributed by atoms with van der Waals surface area (Å²) in [4.78, 5) is 60.5. The Bertz CT molecular complexity index is 754. The number of imide groups is 2. The van der Waals surface area contributed by atoms with E-state index in [4.69, 9.17) is 9.84 Å². The van der Waals surface area contributed by atoms with Crippen LogP contribution in [0.4, 0.5) is 0 Å². The van der Waals surface area contributed by atoms with Crippen LogP contribution in [0.3, 0.4) is 0 Å². The van der Waals surface area contributed by atoms with Crippen molar-refractivity contribution in [3.8, 4) is 0 Å². The summed E-state index contributed by atoms with van der Waals surface area (Å²) in [7, 11) is 0. The zero-order valence-electron chi connectivity index (χ0n) is 13.4. The van der Waals surface area contributed by atoms with Gasteiger partial charge < -0.3 is 9.84 Å². The van der Waals surface area contributed by atoms with Crippen LogP contribution in [0.25, 0.3) is 0 Å². The smallest absolute Gasteiger partial charge is 0.329 e. The van der Waals surface area contributed by atoms with Crippen LogP contribution in [-0.4, -0.2) is 57.9 Å². The Hall–Kier alpha value is -2.81. The lowest BCUT2D eigenvalue weighted by atomic mass is 9.80. The normalized spacial score (nSPS) is 31.7. The quantitative estimate of drug-likeness (QED) is 0.632. The predicted molar refractivity (Wildman–Crippen MR) is 80.7 cm³/mol. The van der Waals surface area contributed by atoms with E-state index in [1.165, 1.54) is 25.2 Å². The van der Waals surface area contributed by atoms with E-state index >= 15 is 0 Å². The van der Waals surface area contributed by atoms with E-state index in [0.717, 1.165) is 4.90 Å². The monoisotopic (exact) mass is 348 g/mol. The number of allylic oxidation sites excluding steroid dienone is 2. The minimum Gasteiger partial charge on any atom is -0.480 e. The molecule has 2 aliphatic heterocycles. The molecular weight excluding hydrogens is 332 g/mol. The highest BCUT2D eigenvalue weighted by Gasteiger charge is 2.56. The zero-order chi connectivity index (χ0) is 18.4. The van der Waals surface area contributed by atoms with E-state index in [-0.39, 0.29) is 18.4 Å². The molecule has 9 heteroatoms. The van der Waals surface area contributed by atoms with Crippen LogP contribution in [0.5, 0.6) is 0 Å². The number of amides is 4. The Labute approximate surface area is 142 Å². The van der Waals surface area contributed by atoms with Crippen molar-refractivity contribution in [2.75, 3.05) is 6.61 Å². The SMILES string of the molecule is CC1(OCC(=O)O)C=CC=C2C(=O)N(C3CCC(=O)NC3=O)C(=O)C21. The Morgan fingerprint density at radius 3 is 2.76 bits per heavy atom. The molecule has 4 amide bonds. The molecule has 0 spiro atoms. The molecule has 2 heterocycles. The van der Waals surface area contributed by atoms with Crippen LogP contribution in [-0.2, 0) is 28.7 Å². The van der Waals surface area contributed by atoms with E-state index in [1.807, 2.05) is 0 Å². The van der Waals surface area contributed by atoms with Crippen molar-refractivity contribution in [1.29, 1.82) is 0 Å². The molecule has 9 nitrogen and oxygen atoms in total. The fourth-order valence-electron chi connectivity index (χ4n) is 3.37. The summed E-state index contributed by atoms with van der Waals surface area (Å²) in [5.41, 5.74) is -1.17. The minimum atomic E-state index is -1.31. The average molecular weight is 348 g/mol. The number of piperidine rings is 1. The van der Waals surface area contributed by atoms with Crippen LogP contribution in [0.15, 0.2) is 23.8 Å². The number of hydrogen-bond acceptors (Lipinski definition) is 6. The molecule has 0 aromatic carbocycles. The molecule has 2 saturated heterocycles. The van der Waals surface area contributed by atoms with Crippen molar-refractivity contribution >= 4 is 29.6 Å². The molecule has 0 aromatic heterocycles. The third-order valence-corrected chi connectivity index (χ3v) is 4.57. The second kappa shape index (κ2) is 5.92. The van der Waals surface area contributed by atoms with Crippen LogP contribution in [0.2, 0.25) is 0 Å². The Morgan fingerprint density at radius 2 is 2.12 bits per heavy atom. The number of nitrogens with zero attached hydrogens (tertiary/aromatic N) is 1. The maximum Gasteiger partial charge on any atom is 0.329 e. The number of rotatable bonds is 4. The predicted octanol–water partition coefficient (Wildman–Crippen LogP) is -0.867. The maximum atomic E-state index is 12.9. The molecule has 3 rings (SSSR count). The molecular formula is C16H16N2O7. The third kappa shape index (κ3) is 2.76. The molecule has 1 aliphatic carbocycles. The fraction of sp³-hybridized carbons (Fsp3) is 0.438.